The highest BCUT2D eigenvalue weighted by Gasteiger charge is 2.37. The van der Waals surface area contributed by atoms with Gasteiger partial charge in [0.2, 0.25) is 0 Å². The van der Waals surface area contributed by atoms with Gasteiger partial charge in [0.05, 0.1) is 18.5 Å². The maximum atomic E-state index is 11.7. The van der Waals surface area contributed by atoms with Gasteiger partial charge in [-0.25, -0.2) is 9.59 Å². The average Bonchev–Trinajstić information content (AvgIpc) is 2.37. The van der Waals surface area contributed by atoms with E-state index in [0.717, 1.165) is 0 Å². The minimum Gasteiger partial charge on any atom is -0.481 e. The number of hydrogen-bond acceptors (Lipinski definition) is 6. The van der Waals surface area contributed by atoms with Crippen LogP contribution >= 0.6 is 0 Å². The second-order valence-electron chi connectivity index (χ2n) is 4.61. The molecule has 1 aliphatic rings. The van der Waals surface area contributed by atoms with Crippen LogP contribution in [0.2, 0.25) is 0 Å². The molecule has 0 aromatic carbocycles. The van der Waals surface area contributed by atoms with Crippen molar-refractivity contribution in [1.29, 1.82) is 0 Å². The number of amides is 1. The third kappa shape index (κ3) is 5.18. The summed E-state index contributed by atoms with van der Waals surface area (Å²) in [5.41, 5.74) is -0.993. The molecule has 2 unspecified atom stereocenters. The largest absolute Gasteiger partial charge is 0.481 e. The summed E-state index contributed by atoms with van der Waals surface area (Å²) < 4.78 is 5.01. The molecule has 10 nitrogen and oxygen atoms in total. The van der Waals surface area contributed by atoms with E-state index in [1.807, 2.05) is 0 Å². The highest BCUT2D eigenvalue weighted by atomic mass is 16.5. The van der Waals surface area contributed by atoms with E-state index in [9.17, 15) is 24.2 Å². The Hall–Kier alpha value is -2.40. The smallest absolute Gasteiger partial charge is 0.478 e. The Balaban J connectivity index is 2.67. The van der Waals surface area contributed by atoms with Gasteiger partial charge in [-0.15, -0.1) is 0 Å². The summed E-state index contributed by atoms with van der Waals surface area (Å²) in [5.74, 6) is -6.57. The van der Waals surface area contributed by atoms with Crippen LogP contribution in [0.1, 0.15) is 19.3 Å². The number of carboxylic acid groups (broad SMARTS) is 3. The summed E-state index contributed by atoms with van der Waals surface area (Å²) >= 11 is 0. The molecule has 0 aliphatic carbocycles. The molecule has 0 saturated carbocycles. The molecule has 0 aromatic rings. The first-order chi connectivity index (χ1) is 10.2. The fourth-order valence-electron chi connectivity index (χ4n) is 1.95. The predicted molar refractivity (Wildman–Crippen MR) is 69.6 cm³/mol. The molecule has 0 bridgehead atoms. The monoisotopic (exact) mass is 315 g/mol. The molecule has 1 rings (SSSR count). The molecule has 1 saturated heterocycles. The lowest BCUT2D eigenvalue weighted by molar-refractivity contribution is -0.140. The van der Waals surface area contributed by atoms with Crippen LogP contribution < -0.4 is 5.32 Å². The first-order valence-corrected chi connectivity index (χ1v) is 6.24. The molecule has 0 radical (unpaired) electrons. The fraction of sp³-hybridized carbons (Fsp3) is 0.455. The van der Waals surface area contributed by atoms with Crippen LogP contribution in [0.15, 0.2) is 11.6 Å². The molecule has 1 amide bonds. The first kappa shape index (κ1) is 17.7. The van der Waals surface area contributed by atoms with E-state index in [-0.39, 0.29) is 25.3 Å². The Morgan fingerprint density at radius 2 is 1.82 bits per heavy atom. The van der Waals surface area contributed by atoms with Gasteiger partial charge in [0, 0.05) is 6.08 Å². The van der Waals surface area contributed by atoms with Gasteiger partial charge < -0.3 is 30.3 Å². The molecule has 0 aromatic heterocycles. The Morgan fingerprint density at radius 3 is 2.27 bits per heavy atom. The Morgan fingerprint density at radius 1 is 1.18 bits per heavy atom. The molecule has 1 fully saturated rings. The minimum absolute atomic E-state index is 0.158. The Labute approximate surface area is 124 Å². The summed E-state index contributed by atoms with van der Waals surface area (Å²) in [6.07, 6.45) is -0.392. The van der Waals surface area contributed by atoms with Gasteiger partial charge in [-0.2, -0.15) is 0 Å². The van der Waals surface area contributed by atoms with E-state index in [1.165, 1.54) is 0 Å². The van der Waals surface area contributed by atoms with Crippen LogP contribution in [0, 0.1) is 0 Å². The number of hydrogen-bond donors (Lipinski definition) is 5. The lowest BCUT2D eigenvalue weighted by atomic mass is 9.72. The molecule has 22 heavy (non-hydrogen) atoms. The van der Waals surface area contributed by atoms with Crippen molar-refractivity contribution >= 4 is 30.9 Å². The molecule has 1 aliphatic heterocycles. The molecule has 0 spiro atoms. The summed E-state index contributed by atoms with van der Waals surface area (Å²) in [4.78, 5) is 43.5. The maximum Gasteiger partial charge on any atom is 0.478 e. The first-order valence-electron chi connectivity index (χ1n) is 6.24. The minimum atomic E-state index is -1.73. The van der Waals surface area contributed by atoms with Gasteiger partial charge >= 0.3 is 25.0 Å². The number of aliphatic carboxylic acids is 3. The molecule has 120 valence electrons. The Bertz CT molecular complexity index is 518. The van der Waals surface area contributed by atoms with Crippen molar-refractivity contribution in [1.82, 2.24) is 5.32 Å². The van der Waals surface area contributed by atoms with Crippen LogP contribution in [0.25, 0.3) is 0 Å². The van der Waals surface area contributed by atoms with Crippen molar-refractivity contribution in [3.05, 3.63) is 11.6 Å². The quantitative estimate of drug-likeness (QED) is 0.165. The lowest BCUT2D eigenvalue weighted by Gasteiger charge is -2.30. The summed E-state index contributed by atoms with van der Waals surface area (Å²) in [5, 5.41) is 37.8. The molecule has 5 N–H and O–H groups in total. The highest BCUT2D eigenvalue weighted by molar-refractivity contribution is 6.46. The maximum absolute atomic E-state index is 11.7. The second-order valence-corrected chi connectivity index (χ2v) is 4.61. The third-order valence-corrected chi connectivity index (χ3v) is 2.94. The Kier molecular flexibility index (Phi) is 6.07. The second kappa shape index (κ2) is 7.57. The van der Waals surface area contributed by atoms with Crippen molar-refractivity contribution in [2.24, 2.45) is 0 Å². The number of carbonyl (C=O) groups is 4. The molecular weight excluding hydrogens is 301 g/mol. The summed E-state index contributed by atoms with van der Waals surface area (Å²) in [6.45, 7) is 0. The van der Waals surface area contributed by atoms with Crippen LogP contribution in [-0.4, -0.2) is 63.3 Å². The van der Waals surface area contributed by atoms with Crippen molar-refractivity contribution in [2.75, 3.05) is 0 Å². The summed E-state index contributed by atoms with van der Waals surface area (Å²) in [7, 11) is -1.51. The van der Waals surface area contributed by atoms with E-state index in [4.69, 9.17) is 20.0 Å². The van der Waals surface area contributed by atoms with E-state index < -0.39 is 48.6 Å². The molecule has 2 atom stereocenters. The number of nitrogens with one attached hydrogen (secondary N) is 1. The van der Waals surface area contributed by atoms with Crippen LogP contribution in [0.4, 0.5) is 0 Å². The van der Waals surface area contributed by atoms with Crippen LogP contribution in [-0.2, 0) is 23.8 Å². The van der Waals surface area contributed by atoms with Crippen molar-refractivity contribution in [2.45, 2.75) is 31.3 Å². The van der Waals surface area contributed by atoms with Crippen molar-refractivity contribution in [3.8, 4) is 0 Å². The zero-order valence-corrected chi connectivity index (χ0v) is 11.3. The normalized spacial score (nSPS) is 22.0. The zero-order valence-electron chi connectivity index (χ0n) is 11.3. The van der Waals surface area contributed by atoms with Gasteiger partial charge in [0.15, 0.2) is 0 Å². The van der Waals surface area contributed by atoms with E-state index in [1.54, 1.807) is 0 Å². The number of carbonyl (C=O) groups excluding carboxylic acids is 1. The third-order valence-electron chi connectivity index (χ3n) is 2.94. The van der Waals surface area contributed by atoms with Crippen molar-refractivity contribution < 1.29 is 44.2 Å². The average molecular weight is 315 g/mol. The molecule has 1 heterocycles. The topological polar surface area (TPSA) is 170 Å². The standard InChI is InChI=1S/C11H14BNO9/c14-8(15)3-5-1-2-7(12(21)22-5)13-10(18)6(11(19)20)4-9(16)17/h4-5,7,21H,1-3H2,(H,13,18)(H,14,15)(H,16,17)(H,19,20)/b6-4-. The lowest BCUT2D eigenvalue weighted by Crippen LogP contribution is -2.53. The van der Waals surface area contributed by atoms with Crippen LogP contribution in [0.5, 0.6) is 0 Å². The van der Waals surface area contributed by atoms with Gasteiger partial charge in [-0.05, 0) is 12.8 Å². The SMILES string of the molecule is O=C(O)/C=C(\C(=O)O)C(=O)NC1CCC(CC(=O)O)OB1O. The molecule has 11 heteroatoms. The van der Waals surface area contributed by atoms with Crippen LogP contribution in [0.3, 0.4) is 0 Å². The number of rotatable bonds is 6. The highest BCUT2D eigenvalue weighted by Crippen LogP contribution is 2.19. The fourth-order valence-corrected chi connectivity index (χ4v) is 1.95. The van der Waals surface area contributed by atoms with Gasteiger partial charge in [0.1, 0.15) is 5.57 Å². The number of carboxylic acids is 3. The van der Waals surface area contributed by atoms with E-state index in [2.05, 4.69) is 5.32 Å². The molecular formula is C11H14BNO9. The summed E-state index contributed by atoms with van der Waals surface area (Å²) in [6, 6.07) is 0. The van der Waals surface area contributed by atoms with E-state index in [0.29, 0.717) is 0 Å². The van der Waals surface area contributed by atoms with Gasteiger partial charge in [-0.1, -0.05) is 0 Å². The predicted octanol–water partition coefficient (Wildman–Crippen LogP) is -1.76. The van der Waals surface area contributed by atoms with E-state index >= 15 is 0 Å². The van der Waals surface area contributed by atoms with Crippen molar-refractivity contribution in [3.63, 3.8) is 0 Å². The zero-order chi connectivity index (χ0) is 16.9. The van der Waals surface area contributed by atoms with Gasteiger partial charge in [0.25, 0.3) is 5.91 Å². The van der Waals surface area contributed by atoms with Gasteiger partial charge in [-0.3, -0.25) is 9.59 Å².